The van der Waals surface area contributed by atoms with E-state index in [1.54, 1.807) is 12.1 Å². The number of nitrogens with one attached hydrogen (secondary N) is 2. The van der Waals surface area contributed by atoms with Crippen LogP contribution < -0.4 is 15.8 Å². The molecule has 0 aromatic heterocycles. The van der Waals surface area contributed by atoms with Crippen LogP contribution >= 0.6 is 12.4 Å². The summed E-state index contributed by atoms with van der Waals surface area (Å²) >= 11 is 0. The highest BCUT2D eigenvalue weighted by Crippen LogP contribution is 2.24. The van der Waals surface area contributed by atoms with Crippen LogP contribution in [0.15, 0.2) is 29.2 Å². The highest BCUT2D eigenvalue weighted by atomic mass is 35.5. The third-order valence-corrected chi connectivity index (χ3v) is 4.80. The lowest BCUT2D eigenvalue weighted by molar-refractivity contribution is -0.129. The smallest absolute Gasteiger partial charge is 0.238 e. The van der Waals surface area contributed by atoms with Gasteiger partial charge in [0.15, 0.2) is 0 Å². The Morgan fingerprint density at radius 1 is 1.36 bits per heavy atom. The molecule has 1 heterocycles. The van der Waals surface area contributed by atoms with Crippen LogP contribution in [0.25, 0.3) is 0 Å². The van der Waals surface area contributed by atoms with Gasteiger partial charge in [-0.15, -0.1) is 12.4 Å². The number of primary sulfonamides is 1. The normalized spacial score (nSPS) is 21.2. The molecule has 124 valence electrons. The van der Waals surface area contributed by atoms with E-state index in [1.165, 1.54) is 12.1 Å². The predicted molar refractivity (Wildman–Crippen MR) is 87.4 cm³/mol. The van der Waals surface area contributed by atoms with Gasteiger partial charge >= 0.3 is 0 Å². The van der Waals surface area contributed by atoms with Crippen molar-refractivity contribution in [3.8, 4) is 0 Å². The first kappa shape index (κ1) is 18.9. The lowest BCUT2D eigenvalue weighted by Crippen LogP contribution is -2.41. The molecule has 1 aromatic carbocycles. The Morgan fingerprint density at radius 2 is 2.00 bits per heavy atom. The first-order valence-electron chi connectivity index (χ1n) is 6.92. The molecule has 6 nitrogen and oxygen atoms in total. The van der Waals surface area contributed by atoms with E-state index in [-0.39, 0.29) is 28.6 Å². The average Bonchev–Trinajstić information content (AvgIpc) is 2.86. The van der Waals surface area contributed by atoms with Gasteiger partial charge in [0, 0.05) is 13.1 Å². The van der Waals surface area contributed by atoms with Crippen LogP contribution in [0.4, 0.5) is 0 Å². The molecule has 1 saturated heterocycles. The molecule has 0 bridgehead atoms. The Hall–Kier alpha value is -1.15. The molecule has 0 spiro atoms. The molecule has 1 fully saturated rings. The van der Waals surface area contributed by atoms with Crippen LogP contribution in [-0.4, -0.2) is 34.0 Å². The van der Waals surface area contributed by atoms with Gasteiger partial charge in [-0.25, -0.2) is 13.6 Å². The molecule has 1 unspecified atom stereocenters. The SMILES string of the molecule is CC1(C(=O)NCCc2ccc(S(N)(=O)=O)cc2)CCNC1.Cl. The van der Waals surface area contributed by atoms with Crippen LogP contribution in [0.1, 0.15) is 18.9 Å². The van der Waals surface area contributed by atoms with Crippen LogP contribution in [-0.2, 0) is 21.2 Å². The van der Waals surface area contributed by atoms with Crippen LogP contribution in [0.5, 0.6) is 0 Å². The Bertz CT molecular complexity index is 611. The average molecular weight is 348 g/mol. The van der Waals surface area contributed by atoms with Gasteiger partial charge in [-0.2, -0.15) is 0 Å². The summed E-state index contributed by atoms with van der Waals surface area (Å²) in [5.41, 5.74) is 0.634. The highest BCUT2D eigenvalue weighted by molar-refractivity contribution is 7.89. The summed E-state index contributed by atoms with van der Waals surface area (Å²) in [4.78, 5) is 12.2. The molecule has 1 aromatic rings. The van der Waals surface area contributed by atoms with Crippen LogP contribution in [0.3, 0.4) is 0 Å². The fraction of sp³-hybridized carbons (Fsp3) is 0.500. The quantitative estimate of drug-likeness (QED) is 0.718. The van der Waals surface area contributed by atoms with E-state index in [0.717, 1.165) is 18.5 Å². The monoisotopic (exact) mass is 347 g/mol. The summed E-state index contributed by atoms with van der Waals surface area (Å²) in [6, 6.07) is 6.39. The molecule has 1 aliphatic rings. The molecule has 0 saturated carbocycles. The van der Waals surface area contributed by atoms with Crippen LogP contribution in [0, 0.1) is 5.41 Å². The Labute approximate surface area is 137 Å². The number of amides is 1. The maximum atomic E-state index is 12.1. The molecule has 22 heavy (non-hydrogen) atoms. The van der Waals surface area contributed by atoms with Gasteiger partial charge in [0.1, 0.15) is 0 Å². The second-order valence-electron chi connectivity index (χ2n) is 5.68. The van der Waals surface area contributed by atoms with Crippen molar-refractivity contribution in [2.75, 3.05) is 19.6 Å². The number of nitrogens with two attached hydrogens (primary N) is 1. The molecule has 0 radical (unpaired) electrons. The molecule has 8 heteroatoms. The van der Waals surface area contributed by atoms with E-state index in [2.05, 4.69) is 10.6 Å². The molecule has 1 atom stereocenters. The molecule has 4 N–H and O–H groups in total. The van der Waals surface area contributed by atoms with E-state index < -0.39 is 10.0 Å². The van der Waals surface area contributed by atoms with Crippen molar-refractivity contribution in [2.24, 2.45) is 10.6 Å². The molecule has 1 aliphatic heterocycles. The van der Waals surface area contributed by atoms with Crippen molar-refractivity contribution in [2.45, 2.75) is 24.7 Å². The number of benzene rings is 1. The van der Waals surface area contributed by atoms with Crippen molar-refractivity contribution < 1.29 is 13.2 Å². The largest absolute Gasteiger partial charge is 0.355 e. The second-order valence-corrected chi connectivity index (χ2v) is 7.24. The zero-order valence-corrected chi connectivity index (χ0v) is 14.1. The summed E-state index contributed by atoms with van der Waals surface area (Å²) in [7, 11) is -3.65. The summed E-state index contributed by atoms with van der Waals surface area (Å²) in [6.07, 6.45) is 1.50. The van der Waals surface area contributed by atoms with Gasteiger partial charge in [-0.1, -0.05) is 12.1 Å². The van der Waals surface area contributed by atoms with Gasteiger partial charge in [0.25, 0.3) is 0 Å². The van der Waals surface area contributed by atoms with E-state index >= 15 is 0 Å². The number of carbonyl (C=O) groups excluding carboxylic acids is 1. The lowest BCUT2D eigenvalue weighted by atomic mass is 9.89. The summed E-state index contributed by atoms with van der Waals surface area (Å²) in [5.74, 6) is 0.0636. The third kappa shape index (κ3) is 4.67. The first-order valence-corrected chi connectivity index (χ1v) is 8.47. The summed E-state index contributed by atoms with van der Waals surface area (Å²) in [5, 5.41) is 11.2. The first-order chi connectivity index (χ1) is 9.81. The molecule has 0 aliphatic carbocycles. The maximum Gasteiger partial charge on any atom is 0.238 e. The minimum absolute atomic E-state index is 0. The molecule has 1 amide bonds. The fourth-order valence-corrected chi connectivity index (χ4v) is 2.91. The third-order valence-electron chi connectivity index (χ3n) is 3.87. The Balaban J connectivity index is 0.00000242. The molecule has 2 rings (SSSR count). The van der Waals surface area contributed by atoms with Crippen molar-refractivity contribution in [1.29, 1.82) is 0 Å². The lowest BCUT2D eigenvalue weighted by Gasteiger charge is -2.21. The number of hydrogen-bond donors (Lipinski definition) is 3. The second kappa shape index (κ2) is 7.41. The standard InChI is InChI=1S/C14H21N3O3S.ClH/c1-14(7-9-16-10-14)13(18)17-8-6-11-2-4-12(5-3-11)21(15,19)20;/h2-5,16H,6-10H2,1H3,(H,17,18)(H2,15,19,20);1H. The zero-order valence-electron chi connectivity index (χ0n) is 12.5. The van der Waals surface area contributed by atoms with Gasteiger partial charge in [-0.3, -0.25) is 4.79 Å². The minimum Gasteiger partial charge on any atom is -0.355 e. The van der Waals surface area contributed by atoms with E-state index in [1.807, 2.05) is 6.92 Å². The summed E-state index contributed by atoms with van der Waals surface area (Å²) < 4.78 is 22.3. The van der Waals surface area contributed by atoms with Crippen molar-refractivity contribution >= 4 is 28.3 Å². The van der Waals surface area contributed by atoms with Crippen molar-refractivity contribution in [3.63, 3.8) is 0 Å². The Morgan fingerprint density at radius 3 is 2.50 bits per heavy atom. The number of halogens is 1. The van der Waals surface area contributed by atoms with E-state index in [4.69, 9.17) is 5.14 Å². The Kier molecular flexibility index (Phi) is 6.37. The fourth-order valence-electron chi connectivity index (χ4n) is 2.39. The van der Waals surface area contributed by atoms with Crippen molar-refractivity contribution in [3.05, 3.63) is 29.8 Å². The molecular formula is C14H22ClN3O3S. The van der Waals surface area contributed by atoms with Gasteiger partial charge in [0.05, 0.1) is 10.3 Å². The van der Waals surface area contributed by atoms with Crippen molar-refractivity contribution in [1.82, 2.24) is 10.6 Å². The van der Waals surface area contributed by atoms with Gasteiger partial charge < -0.3 is 10.6 Å². The molecular weight excluding hydrogens is 326 g/mol. The number of sulfonamides is 1. The van der Waals surface area contributed by atoms with Crippen LogP contribution in [0.2, 0.25) is 0 Å². The predicted octanol–water partition coefficient (Wildman–Crippen LogP) is 0.414. The number of hydrogen-bond acceptors (Lipinski definition) is 4. The highest BCUT2D eigenvalue weighted by Gasteiger charge is 2.35. The van der Waals surface area contributed by atoms with Gasteiger partial charge in [-0.05, 0) is 44.0 Å². The summed E-state index contributed by atoms with van der Waals surface area (Å²) in [6.45, 7) is 4.08. The number of carbonyl (C=O) groups is 1. The zero-order chi connectivity index (χ0) is 15.5. The van der Waals surface area contributed by atoms with Gasteiger partial charge in [0.2, 0.25) is 15.9 Å². The van der Waals surface area contributed by atoms with E-state index in [9.17, 15) is 13.2 Å². The topological polar surface area (TPSA) is 101 Å². The van der Waals surface area contributed by atoms with E-state index in [0.29, 0.717) is 19.5 Å². The maximum absolute atomic E-state index is 12.1. The number of rotatable bonds is 5. The minimum atomic E-state index is -3.65.